The molecule has 0 aliphatic heterocycles. The molecule has 176 valence electrons. The molecule has 9 atom stereocenters. The third-order valence-electron chi connectivity index (χ3n) is 11.2. The second-order valence-corrected chi connectivity index (χ2v) is 12.8. The maximum Gasteiger partial charge on any atom is 0.0547 e. The quantitative estimate of drug-likeness (QED) is 0.474. The molecule has 4 rings (SSSR count). The average molecular weight is 429 g/mol. The van der Waals surface area contributed by atoms with Crippen LogP contribution in [0.25, 0.3) is 0 Å². The minimum atomic E-state index is -0.235. The van der Waals surface area contributed by atoms with Gasteiger partial charge in [-0.1, -0.05) is 65.3 Å². The van der Waals surface area contributed by atoms with Gasteiger partial charge in [-0.3, -0.25) is 0 Å². The van der Waals surface area contributed by atoms with Crippen molar-refractivity contribution < 1.29 is 10.2 Å². The molecule has 2 heteroatoms. The molecule has 0 aromatic heterocycles. The van der Waals surface area contributed by atoms with Crippen LogP contribution in [0.15, 0.2) is 23.8 Å². The molecule has 1 unspecified atom stereocenters. The second-order valence-electron chi connectivity index (χ2n) is 12.8. The topological polar surface area (TPSA) is 40.5 Å². The Morgan fingerprint density at radius 1 is 1.00 bits per heavy atom. The zero-order valence-electron chi connectivity index (χ0n) is 21.0. The van der Waals surface area contributed by atoms with E-state index >= 15 is 0 Å². The molecule has 0 amide bonds. The largest absolute Gasteiger partial charge is 0.396 e. The van der Waals surface area contributed by atoms with Gasteiger partial charge in [0.25, 0.3) is 0 Å². The first kappa shape index (κ1) is 23.6. The maximum absolute atomic E-state index is 10.5. The molecular formula is C29H48O2. The molecular weight excluding hydrogens is 380 g/mol. The molecule has 0 heterocycles. The smallest absolute Gasteiger partial charge is 0.0547 e. The molecule has 4 aliphatic carbocycles. The molecule has 0 spiro atoms. The summed E-state index contributed by atoms with van der Waals surface area (Å²) in [7, 11) is 0. The van der Waals surface area contributed by atoms with E-state index in [0.717, 1.165) is 37.5 Å². The van der Waals surface area contributed by atoms with Gasteiger partial charge in [0.1, 0.15) is 0 Å². The Kier molecular flexibility index (Phi) is 6.32. The van der Waals surface area contributed by atoms with E-state index in [1.807, 2.05) is 0 Å². The third kappa shape index (κ3) is 3.59. The highest BCUT2D eigenvalue weighted by molar-refractivity contribution is 5.30. The van der Waals surface area contributed by atoms with E-state index in [2.05, 4.69) is 59.8 Å². The van der Waals surface area contributed by atoms with E-state index in [1.54, 1.807) is 5.57 Å². The summed E-state index contributed by atoms with van der Waals surface area (Å²) >= 11 is 0. The normalized spacial score (nSPS) is 46.9. The van der Waals surface area contributed by atoms with Gasteiger partial charge in [0.15, 0.2) is 0 Å². The van der Waals surface area contributed by atoms with Crippen LogP contribution in [0.4, 0.5) is 0 Å². The van der Waals surface area contributed by atoms with Crippen molar-refractivity contribution in [3.8, 4) is 0 Å². The Balaban J connectivity index is 1.59. The van der Waals surface area contributed by atoms with Crippen LogP contribution in [0, 0.1) is 51.8 Å². The number of aliphatic hydroxyl groups excluding tert-OH is 2. The molecule has 2 nitrogen and oxygen atoms in total. The summed E-state index contributed by atoms with van der Waals surface area (Å²) in [4.78, 5) is 0. The molecule has 3 saturated carbocycles. The summed E-state index contributed by atoms with van der Waals surface area (Å²) in [6, 6.07) is 0. The average Bonchev–Trinajstić information content (AvgIpc) is 3.09. The number of rotatable bonds is 5. The Morgan fingerprint density at radius 3 is 2.42 bits per heavy atom. The van der Waals surface area contributed by atoms with Crippen LogP contribution in [-0.4, -0.2) is 22.9 Å². The van der Waals surface area contributed by atoms with Gasteiger partial charge in [-0.2, -0.15) is 0 Å². The number of aliphatic hydroxyl groups is 2. The summed E-state index contributed by atoms with van der Waals surface area (Å²) < 4.78 is 0. The van der Waals surface area contributed by atoms with Crippen molar-refractivity contribution >= 4 is 0 Å². The van der Waals surface area contributed by atoms with Gasteiger partial charge in [0.05, 0.1) is 6.10 Å². The second kappa shape index (κ2) is 8.32. The number of fused-ring (bicyclic) bond motifs is 5. The fraction of sp³-hybridized carbons (Fsp3) is 0.862. The van der Waals surface area contributed by atoms with Crippen molar-refractivity contribution in [2.45, 2.75) is 99.0 Å². The van der Waals surface area contributed by atoms with Gasteiger partial charge < -0.3 is 10.2 Å². The van der Waals surface area contributed by atoms with E-state index in [0.29, 0.717) is 29.1 Å². The predicted octanol–water partition coefficient (Wildman–Crippen LogP) is 6.77. The first-order chi connectivity index (χ1) is 14.6. The Bertz CT molecular complexity index is 722. The highest BCUT2D eigenvalue weighted by Gasteiger charge is 2.62. The lowest BCUT2D eigenvalue weighted by Crippen LogP contribution is -2.57. The molecule has 0 bridgehead atoms. The molecule has 0 radical (unpaired) electrons. The monoisotopic (exact) mass is 428 g/mol. The van der Waals surface area contributed by atoms with Gasteiger partial charge in [0.2, 0.25) is 0 Å². The van der Waals surface area contributed by atoms with Crippen molar-refractivity contribution in [1.29, 1.82) is 0 Å². The Morgan fingerprint density at radius 2 is 1.74 bits per heavy atom. The Hall–Kier alpha value is -0.600. The summed E-state index contributed by atoms with van der Waals surface area (Å²) in [6.45, 7) is 14.7. The number of hydrogen-bond donors (Lipinski definition) is 2. The third-order valence-corrected chi connectivity index (χ3v) is 11.2. The molecule has 2 N–H and O–H groups in total. The van der Waals surface area contributed by atoms with Gasteiger partial charge in [-0.15, -0.1) is 0 Å². The van der Waals surface area contributed by atoms with Crippen LogP contribution >= 0.6 is 0 Å². The number of hydrogen-bond acceptors (Lipinski definition) is 2. The standard InChI is InChI=1S/C29H48O2/c1-19(2)20(3)7-8-21(4)24-9-10-25-23-12-16-29(18-30)17-22(31)11-15-28(29,6)26(23)13-14-27(24,25)5/h7-8,12,19-22,24-26,30-31H,9-11,13-18H2,1-6H3/b8-7+/t20-,21+,22-,24+,25-,26?,27+,28+,29-/m0/s1. The van der Waals surface area contributed by atoms with Gasteiger partial charge in [-0.25, -0.2) is 0 Å². The lowest BCUT2D eigenvalue weighted by Gasteiger charge is -2.62. The summed E-state index contributed by atoms with van der Waals surface area (Å²) in [5.41, 5.74) is 2.18. The van der Waals surface area contributed by atoms with E-state index in [1.165, 1.54) is 25.7 Å². The van der Waals surface area contributed by atoms with Crippen LogP contribution in [0.1, 0.15) is 92.9 Å². The van der Waals surface area contributed by atoms with Crippen LogP contribution in [-0.2, 0) is 0 Å². The summed E-state index contributed by atoms with van der Waals surface area (Å²) in [5.74, 6) is 4.10. The van der Waals surface area contributed by atoms with E-state index in [-0.39, 0.29) is 23.5 Å². The van der Waals surface area contributed by atoms with E-state index < -0.39 is 0 Å². The molecule has 0 saturated heterocycles. The molecule has 0 aromatic carbocycles. The lowest BCUT2D eigenvalue weighted by molar-refractivity contribution is -0.129. The highest BCUT2D eigenvalue weighted by atomic mass is 16.3. The van der Waals surface area contributed by atoms with Crippen LogP contribution < -0.4 is 0 Å². The summed E-state index contributed by atoms with van der Waals surface area (Å²) in [6.07, 6.45) is 16.3. The molecule has 3 fully saturated rings. The first-order valence-corrected chi connectivity index (χ1v) is 13.2. The minimum absolute atomic E-state index is 0.117. The summed E-state index contributed by atoms with van der Waals surface area (Å²) in [5, 5.41) is 20.9. The fourth-order valence-corrected chi connectivity index (χ4v) is 8.58. The first-order valence-electron chi connectivity index (χ1n) is 13.2. The predicted molar refractivity (Wildman–Crippen MR) is 130 cm³/mol. The van der Waals surface area contributed by atoms with Crippen molar-refractivity contribution in [3.05, 3.63) is 23.8 Å². The van der Waals surface area contributed by atoms with Gasteiger partial charge in [-0.05, 0) is 97.7 Å². The fourth-order valence-electron chi connectivity index (χ4n) is 8.58. The molecule has 0 aromatic rings. The zero-order chi connectivity index (χ0) is 22.6. The molecule has 4 aliphatic rings. The van der Waals surface area contributed by atoms with Crippen molar-refractivity contribution in [2.24, 2.45) is 51.8 Å². The zero-order valence-corrected chi connectivity index (χ0v) is 21.0. The Labute approximate surface area is 191 Å². The van der Waals surface area contributed by atoms with Crippen molar-refractivity contribution in [2.75, 3.05) is 6.61 Å². The van der Waals surface area contributed by atoms with Crippen LogP contribution in [0.3, 0.4) is 0 Å². The molecule has 31 heavy (non-hydrogen) atoms. The highest BCUT2D eigenvalue weighted by Crippen LogP contribution is 2.69. The SMILES string of the molecule is CC(C)[C@@H](C)/C=C/[C@@H](C)[C@H]1CC[C@H]2C3=CC[C@@]4(CO)C[C@@H](O)CC[C@]4(C)C3CC[C@]12C. The van der Waals surface area contributed by atoms with Crippen molar-refractivity contribution in [3.63, 3.8) is 0 Å². The lowest BCUT2D eigenvalue weighted by atomic mass is 9.42. The van der Waals surface area contributed by atoms with Crippen LogP contribution in [0.5, 0.6) is 0 Å². The van der Waals surface area contributed by atoms with E-state index in [4.69, 9.17) is 0 Å². The van der Waals surface area contributed by atoms with Gasteiger partial charge in [0, 0.05) is 12.0 Å². The van der Waals surface area contributed by atoms with E-state index in [9.17, 15) is 10.2 Å². The van der Waals surface area contributed by atoms with Gasteiger partial charge >= 0.3 is 0 Å². The minimum Gasteiger partial charge on any atom is -0.396 e. The van der Waals surface area contributed by atoms with Crippen LogP contribution in [0.2, 0.25) is 0 Å². The van der Waals surface area contributed by atoms with Crippen molar-refractivity contribution in [1.82, 2.24) is 0 Å². The number of allylic oxidation sites excluding steroid dienone is 4. The maximum atomic E-state index is 10.5.